The van der Waals surface area contributed by atoms with Crippen LogP contribution in [0.3, 0.4) is 0 Å². The van der Waals surface area contributed by atoms with Gasteiger partial charge in [0.25, 0.3) is 5.91 Å². The third kappa shape index (κ3) is 3.65. The monoisotopic (exact) mass is 294 g/mol. The minimum absolute atomic E-state index is 0.104. The zero-order valence-corrected chi connectivity index (χ0v) is 11.1. The number of halogens is 2. The van der Waals surface area contributed by atoms with Gasteiger partial charge < -0.3 is 15.1 Å². The van der Waals surface area contributed by atoms with Crippen LogP contribution in [0, 0.1) is 18.6 Å². The van der Waals surface area contributed by atoms with Crippen LogP contribution in [0.5, 0.6) is 0 Å². The first-order chi connectivity index (χ1) is 9.97. The van der Waals surface area contributed by atoms with Crippen LogP contribution in [0.15, 0.2) is 34.9 Å². The number of hydrogen-bond acceptors (Lipinski definition) is 3. The summed E-state index contributed by atoms with van der Waals surface area (Å²) in [6.45, 7) is 1.32. The van der Waals surface area contributed by atoms with Gasteiger partial charge >= 0.3 is 0 Å². The van der Waals surface area contributed by atoms with E-state index in [-0.39, 0.29) is 12.2 Å². The minimum atomic E-state index is -1.06. The summed E-state index contributed by atoms with van der Waals surface area (Å²) in [5.74, 6) is -2.65. The zero-order chi connectivity index (χ0) is 15.4. The van der Waals surface area contributed by atoms with E-state index in [2.05, 4.69) is 10.6 Å². The predicted molar refractivity (Wildman–Crippen MR) is 70.8 cm³/mol. The first-order valence-corrected chi connectivity index (χ1v) is 6.04. The molecule has 2 rings (SSSR count). The number of aryl methyl sites for hydroxylation is 1. The molecule has 0 aliphatic rings. The molecule has 2 aromatic rings. The molecule has 0 aliphatic carbocycles. The molecule has 0 atom stereocenters. The minimum Gasteiger partial charge on any atom is -0.469 e. The number of carbonyl (C=O) groups excluding carboxylic acids is 2. The molecule has 21 heavy (non-hydrogen) atoms. The maximum Gasteiger partial charge on any atom is 0.255 e. The SMILES string of the molecule is Cc1occc1C(=O)NCC(=O)Nc1ccc(F)c(F)c1. The molecule has 0 spiro atoms. The van der Waals surface area contributed by atoms with Crippen LogP contribution in [0.25, 0.3) is 0 Å². The molecule has 1 aromatic heterocycles. The molecule has 0 bridgehead atoms. The predicted octanol–water partition coefficient (Wildman–Crippen LogP) is 2.23. The van der Waals surface area contributed by atoms with E-state index in [0.29, 0.717) is 11.3 Å². The first kappa shape index (κ1) is 14.7. The van der Waals surface area contributed by atoms with Crippen LogP contribution in [-0.4, -0.2) is 18.4 Å². The Morgan fingerprint density at radius 3 is 2.57 bits per heavy atom. The summed E-state index contributed by atoms with van der Waals surface area (Å²) >= 11 is 0. The highest BCUT2D eigenvalue weighted by molar-refractivity contribution is 5.99. The Balaban J connectivity index is 1.89. The summed E-state index contributed by atoms with van der Waals surface area (Å²) in [5, 5.41) is 4.73. The number of benzene rings is 1. The fourth-order valence-electron chi connectivity index (χ4n) is 1.66. The van der Waals surface area contributed by atoms with Crippen molar-refractivity contribution in [3.05, 3.63) is 53.5 Å². The number of anilines is 1. The van der Waals surface area contributed by atoms with E-state index >= 15 is 0 Å². The standard InChI is InChI=1S/C14H12F2N2O3/c1-8-10(4-5-21-8)14(20)17-7-13(19)18-9-2-3-11(15)12(16)6-9/h2-6H,7H2,1H3,(H,17,20)(H,18,19). The average Bonchev–Trinajstić information content (AvgIpc) is 2.86. The molecule has 110 valence electrons. The molecule has 2 amide bonds. The molecule has 0 fully saturated rings. The van der Waals surface area contributed by atoms with Crippen LogP contribution in [0.4, 0.5) is 14.5 Å². The van der Waals surface area contributed by atoms with Gasteiger partial charge in [0.05, 0.1) is 18.4 Å². The lowest BCUT2D eigenvalue weighted by Crippen LogP contribution is -2.33. The molecule has 0 radical (unpaired) electrons. The number of amides is 2. The van der Waals surface area contributed by atoms with Gasteiger partial charge in [-0.1, -0.05) is 0 Å². The number of rotatable bonds is 4. The Morgan fingerprint density at radius 1 is 1.19 bits per heavy atom. The number of carbonyl (C=O) groups is 2. The summed E-state index contributed by atoms with van der Waals surface area (Å²) in [4.78, 5) is 23.3. The lowest BCUT2D eigenvalue weighted by atomic mass is 10.2. The summed E-state index contributed by atoms with van der Waals surface area (Å²) in [6, 6.07) is 4.46. The first-order valence-electron chi connectivity index (χ1n) is 6.04. The average molecular weight is 294 g/mol. The van der Waals surface area contributed by atoms with Gasteiger partial charge in [-0.05, 0) is 25.1 Å². The second-order valence-electron chi connectivity index (χ2n) is 4.25. The smallest absolute Gasteiger partial charge is 0.255 e. The van der Waals surface area contributed by atoms with Gasteiger partial charge in [0.2, 0.25) is 5.91 Å². The summed E-state index contributed by atoms with van der Waals surface area (Å²) in [5.41, 5.74) is 0.434. The normalized spacial score (nSPS) is 10.2. The van der Waals surface area contributed by atoms with Crippen molar-refractivity contribution in [3.8, 4) is 0 Å². The van der Waals surface area contributed by atoms with Crippen molar-refractivity contribution in [3.63, 3.8) is 0 Å². The molecule has 1 heterocycles. The highest BCUT2D eigenvalue weighted by Crippen LogP contribution is 2.13. The number of furan rings is 1. The van der Waals surface area contributed by atoms with Crippen molar-refractivity contribution < 1.29 is 22.8 Å². The molecular formula is C14H12F2N2O3. The quantitative estimate of drug-likeness (QED) is 0.908. The van der Waals surface area contributed by atoms with Crippen molar-refractivity contribution in [2.24, 2.45) is 0 Å². The van der Waals surface area contributed by atoms with Gasteiger partial charge in [-0.3, -0.25) is 9.59 Å². The highest BCUT2D eigenvalue weighted by Gasteiger charge is 2.13. The van der Waals surface area contributed by atoms with E-state index in [1.165, 1.54) is 18.4 Å². The fourth-order valence-corrected chi connectivity index (χ4v) is 1.66. The van der Waals surface area contributed by atoms with Crippen molar-refractivity contribution >= 4 is 17.5 Å². The van der Waals surface area contributed by atoms with E-state index in [1.807, 2.05) is 0 Å². The molecule has 1 aromatic carbocycles. The van der Waals surface area contributed by atoms with Crippen LogP contribution in [-0.2, 0) is 4.79 Å². The molecule has 0 unspecified atom stereocenters. The Labute approximate surface area is 118 Å². The third-order valence-corrected chi connectivity index (χ3v) is 2.72. The zero-order valence-electron chi connectivity index (χ0n) is 11.1. The van der Waals surface area contributed by atoms with E-state index < -0.39 is 23.4 Å². The second kappa shape index (κ2) is 6.17. The number of nitrogens with one attached hydrogen (secondary N) is 2. The van der Waals surface area contributed by atoms with Gasteiger partial charge in [-0.2, -0.15) is 0 Å². The van der Waals surface area contributed by atoms with Gasteiger partial charge in [0.15, 0.2) is 11.6 Å². The van der Waals surface area contributed by atoms with E-state index in [4.69, 9.17) is 4.42 Å². The topological polar surface area (TPSA) is 71.3 Å². The fraction of sp³-hybridized carbons (Fsp3) is 0.143. The Morgan fingerprint density at radius 2 is 1.95 bits per heavy atom. The van der Waals surface area contributed by atoms with Crippen molar-refractivity contribution in [1.82, 2.24) is 5.32 Å². The largest absolute Gasteiger partial charge is 0.469 e. The van der Waals surface area contributed by atoms with Gasteiger partial charge in [0.1, 0.15) is 5.76 Å². The van der Waals surface area contributed by atoms with Gasteiger partial charge in [0, 0.05) is 11.8 Å². The van der Waals surface area contributed by atoms with Crippen molar-refractivity contribution in [2.75, 3.05) is 11.9 Å². The van der Waals surface area contributed by atoms with Crippen molar-refractivity contribution in [2.45, 2.75) is 6.92 Å². The van der Waals surface area contributed by atoms with E-state index in [0.717, 1.165) is 12.1 Å². The van der Waals surface area contributed by atoms with Crippen LogP contribution < -0.4 is 10.6 Å². The van der Waals surface area contributed by atoms with Crippen LogP contribution >= 0.6 is 0 Å². The molecule has 5 nitrogen and oxygen atoms in total. The Hall–Kier alpha value is -2.70. The molecule has 7 heteroatoms. The summed E-state index contributed by atoms with van der Waals surface area (Å²) in [7, 11) is 0. The maximum atomic E-state index is 13.0. The Bertz CT molecular complexity index is 683. The van der Waals surface area contributed by atoms with E-state index in [1.54, 1.807) is 6.92 Å². The van der Waals surface area contributed by atoms with Crippen LogP contribution in [0.2, 0.25) is 0 Å². The van der Waals surface area contributed by atoms with Crippen molar-refractivity contribution in [1.29, 1.82) is 0 Å². The highest BCUT2D eigenvalue weighted by atomic mass is 19.2. The molecule has 2 N–H and O–H groups in total. The molecule has 0 saturated carbocycles. The maximum absolute atomic E-state index is 13.0. The molecule has 0 aliphatic heterocycles. The second-order valence-corrected chi connectivity index (χ2v) is 4.25. The number of hydrogen-bond donors (Lipinski definition) is 2. The molecular weight excluding hydrogens is 282 g/mol. The van der Waals surface area contributed by atoms with E-state index in [9.17, 15) is 18.4 Å². The lowest BCUT2D eigenvalue weighted by Gasteiger charge is -2.07. The van der Waals surface area contributed by atoms with Gasteiger partial charge in [-0.15, -0.1) is 0 Å². The summed E-state index contributed by atoms with van der Waals surface area (Å²) < 4.78 is 30.7. The summed E-state index contributed by atoms with van der Waals surface area (Å²) in [6.07, 6.45) is 1.37. The molecule has 0 saturated heterocycles. The van der Waals surface area contributed by atoms with Gasteiger partial charge in [-0.25, -0.2) is 8.78 Å². The Kier molecular flexibility index (Phi) is 4.32. The third-order valence-electron chi connectivity index (χ3n) is 2.72. The van der Waals surface area contributed by atoms with Crippen LogP contribution in [0.1, 0.15) is 16.1 Å². The lowest BCUT2D eigenvalue weighted by molar-refractivity contribution is -0.115.